The molecule has 0 aliphatic heterocycles. The van der Waals surface area contributed by atoms with Crippen molar-refractivity contribution in [2.45, 2.75) is 25.1 Å². The minimum absolute atomic E-state index is 0.0754. The van der Waals surface area contributed by atoms with Crippen molar-refractivity contribution in [2.24, 2.45) is 7.05 Å². The van der Waals surface area contributed by atoms with Gasteiger partial charge in [0.15, 0.2) is 28.7 Å². The maximum Gasteiger partial charge on any atom is 0.234 e. The number of carbonyl (C=O) groups excluding carboxylic acids is 1. The van der Waals surface area contributed by atoms with Gasteiger partial charge in [-0.3, -0.25) is 4.79 Å². The number of anilines is 1. The van der Waals surface area contributed by atoms with Gasteiger partial charge in [-0.2, -0.15) is 0 Å². The van der Waals surface area contributed by atoms with E-state index in [1.807, 2.05) is 31.2 Å². The molecule has 152 valence electrons. The van der Waals surface area contributed by atoms with Gasteiger partial charge in [0.05, 0.1) is 5.75 Å². The van der Waals surface area contributed by atoms with E-state index in [1.165, 1.54) is 17.8 Å². The lowest BCUT2D eigenvalue weighted by molar-refractivity contribution is -0.113. The van der Waals surface area contributed by atoms with Gasteiger partial charge in [-0.15, -0.1) is 10.2 Å². The summed E-state index contributed by atoms with van der Waals surface area (Å²) in [6, 6.07) is 10.6. The summed E-state index contributed by atoms with van der Waals surface area (Å²) in [6.45, 7) is 3.66. The van der Waals surface area contributed by atoms with Crippen molar-refractivity contribution in [3.8, 4) is 5.75 Å². The average molecular weight is 418 g/mol. The van der Waals surface area contributed by atoms with Gasteiger partial charge in [0, 0.05) is 18.8 Å². The van der Waals surface area contributed by atoms with Gasteiger partial charge in [0.25, 0.3) is 0 Å². The number of thioether (sulfide) groups is 1. The van der Waals surface area contributed by atoms with E-state index >= 15 is 0 Å². The van der Waals surface area contributed by atoms with Crippen LogP contribution < -0.4 is 10.1 Å². The maximum absolute atomic E-state index is 13.8. The number of rotatable bonds is 7. The molecule has 0 saturated carbocycles. The van der Waals surface area contributed by atoms with Crippen LogP contribution in [0.15, 0.2) is 47.6 Å². The van der Waals surface area contributed by atoms with Crippen molar-refractivity contribution in [3.05, 3.63) is 65.5 Å². The molecular formula is C20H20F2N4O2S. The molecule has 3 aromatic rings. The number of halogens is 2. The van der Waals surface area contributed by atoms with Crippen molar-refractivity contribution in [3.63, 3.8) is 0 Å². The molecule has 0 aliphatic carbocycles. The highest BCUT2D eigenvalue weighted by Crippen LogP contribution is 2.26. The zero-order valence-electron chi connectivity index (χ0n) is 16.1. The number of aromatic nitrogens is 3. The van der Waals surface area contributed by atoms with Crippen LogP contribution in [0.1, 0.15) is 24.4 Å². The Bertz CT molecular complexity index is 1010. The third-order valence-corrected chi connectivity index (χ3v) is 5.12. The van der Waals surface area contributed by atoms with E-state index in [2.05, 4.69) is 15.5 Å². The Balaban J connectivity index is 1.59. The van der Waals surface area contributed by atoms with Crippen LogP contribution in [-0.2, 0) is 11.8 Å². The minimum atomic E-state index is -0.790. The molecule has 6 nitrogen and oxygen atoms in total. The van der Waals surface area contributed by atoms with Crippen LogP contribution in [0.5, 0.6) is 5.75 Å². The first-order chi connectivity index (χ1) is 13.8. The number of hydrogen-bond acceptors (Lipinski definition) is 5. The summed E-state index contributed by atoms with van der Waals surface area (Å²) in [5.74, 6) is -1.10. The van der Waals surface area contributed by atoms with Crippen molar-refractivity contribution in [1.29, 1.82) is 0 Å². The number of nitrogens with one attached hydrogen (secondary N) is 1. The topological polar surface area (TPSA) is 69.0 Å². The molecule has 9 heteroatoms. The minimum Gasteiger partial charge on any atom is -0.480 e. The van der Waals surface area contributed by atoms with Gasteiger partial charge in [0.1, 0.15) is 5.82 Å². The smallest absolute Gasteiger partial charge is 0.234 e. The molecule has 0 radical (unpaired) electrons. The third-order valence-electron chi connectivity index (χ3n) is 4.10. The molecule has 3 rings (SSSR count). The fourth-order valence-corrected chi connectivity index (χ4v) is 3.30. The highest BCUT2D eigenvalue weighted by molar-refractivity contribution is 7.99. The summed E-state index contributed by atoms with van der Waals surface area (Å²) >= 11 is 1.23. The van der Waals surface area contributed by atoms with Gasteiger partial charge >= 0.3 is 0 Å². The number of carbonyl (C=O) groups is 1. The fraction of sp³-hybridized carbons (Fsp3) is 0.250. The molecule has 1 heterocycles. The number of nitrogens with zero attached hydrogens (tertiary/aromatic N) is 3. The van der Waals surface area contributed by atoms with Gasteiger partial charge < -0.3 is 14.6 Å². The lowest BCUT2D eigenvalue weighted by Gasteiger charge is -2.14. The molecule has 29 heavy (non-hydrogen) atoms. The number of aryl methyl sites for hydroxylation is 1. The Kier molecular flexibility index (Phi) is 6.48. The van der Waals surface area contributed by atoms with Crippen molar-refractivity contribution >= 4 is 23.4 Å². The zero-order valence-corrected chi connectivity index (χ0v) is 17.0. The fourth-order valence-electron chi connectivity index (χ4n) is 2.58. The molecule has 1 amide bonds. The van der Waals surface area contributed by atoms with Crippen LogP contribution in [0.3, 0.4) is 0 Å². The van der Waals surface area contributed by atoms with E-state index in [4.69, 9.17) is 4.74 Å². The Morgan fingerprint density at radius 2 is 1.93 bits per heavy atom. The predicted molar refractivity (Wildman–Crippen MR) is 107 cm³/mol. The average Bonchev–Trinajstić information content (AvgIpc) is 3.05. The van der Waals surface area contributed by atoms with Gasteiger partial charge in [-0.1, -0.05) is 29.5 Å². The van der Waals surface area contributed by atoms with Crippen molar-refractivity contribution < 1.29 is 18.3 Å². The SMILES string of the molecule is Cc1ccc(NC(=O)CSc2nnc(C(C)Oc3ccc(F)cc3F)n2C)cc1. The van der Waals surface area contributed by atoms with Crippen LogP contribution in [0.4, 0.5) is 14.5 Å². The first-order valence-electron chi connectivity index (χ1n) is 8.84. The Morgan fingerprint density at radius 3 is 2.62 bits per heavy atom. The molecular weight excluding hydrogens is 398 g/mol. The Labute approximate surface area is 171 Å². The molecule has 1 N–H and O–H groups in total. The molecule has 0 spiro atoms. The van der Waals surface area contributed by atoms with E-state index < -0.39 is 17.7 Å². The molecule has 1 unspecified atom stereocenters. The first-order valence-corrected chi connectivity index (χ1v) is 9.82. The van der Waals surface area contributed by atoms with Crippen LogP contribution in [0.2, 0.25) is 0 Å². The van der Waals surface area contributed by atoms with Gasteiger partial charge in [-0.05, 0) is 38.1 Å². The van der Waals surface area contributed by atoms with Crippen molar-refractivity contribution in [2.75, 3.05) is 11.1 Å². The van der Waals surface area contributed by atoms with E-state index in [1.54, 1.807) is 18.5 Å². The highest BCUT2D eigenvalue weighted by atomic mass is 32.2. The van der Waals surface area contributed by atoms with E-state index in [0.29, 0.717) is 11.0 Å². The van der Waals surface area contributed by atoms with E-state index in [0.717, 1.165) is 23.4 Å². The molecule has 0 aliphatic rings. The maximum atomic E-state index is 13.8. The van der Waals surface area contributed by atoms with Crippen LogP contribution in [0.25, 0.3) is 0 Å². The molecule has 1 atom stereocenters. The van der Waals surface area contributed by atoms with E-state index in [-0.39, 0.29) is 17.4 Å². The zero-order chi connectivity index (χ0) is 21.0. The summed E-state index contributed by atoms with van der Waals surface area (Å²) in [6.07, 6.45) is -0.622. The normalized spacial score (nSPS) is 11.9. The van der Waals surface area contributed by atoms with E-state index in [9.17, 15) is 13.6 Å². The molecule has 0 saturated heterocycles. The summed E-state index contributed by atoms with van der Waals surface area (Å²) < 4.78 is 34.0. The number of amides is 1. The van der Waals surface area contributed by atoms with Gasteiger partial charge in [-0.25, -0.2) is 8.78 Å². The second-order valence-electron chi connectivity index (χ2n) is 6.44. The number of benzene rings is 2. The number of ether oxygens (including phenoxy) is 1. The highest BCUT2D eigenvalue weighted by Gasteiger charge is 2.19. The van der Waals surface area contributed by atoms with Gasteiger partial charge in [0.2, 0.25) is 5.91 Å². The first kappa shape index (κ1) is 20.8. The summed E-state index contributed by atoms with van der Waals surface area (Å²) in [7, 11) is 1.73. The standard InChI is InChI=1S/C20H20F2N4O2S/c1-12-4-7-15(8-5-12)23-18(27)11-29-20-25-24-19(26(20)3)13(2)28-17-9-6-14(21)10-16(17)22/h4-10,13H,11H2,1-3H3,(H,23,27). The quantitative estimate of drug-likeness (QED) is 0.580. The second-order valence-corrected chi connectivity index (χ2v) is 7.38. The summed E-state index contributed by atoms with van der Waals surface area (Å²) in [5, 5.41) is 11.5. The van der Waals surface area contributed by atoms with Crippen LogP contribution in [-0.4, -0.2) is 26.4 Å². The molecule has 2 aromatic carbocycles. The predicted octanol–water partition coefficient (Wildman–Crippen LogP) is 4.27. The molecule has 0 fully saturated rings. The van der Waals surface area contributed by atoms with Crippen LogP contribution >= 0.6 is 11.8 Å². The number of hydrogen-bond donors (Lipinski definition) is 1. The molecule has 0 bridgehead atoms. The molecule has 1 aromatic heterocycles. The summed E-state index contributed by atoms with van der Waals surface area (Å²) in [5.41, 5.74) is 1.84. The second kappa shape index (κ2) is 9.04. The Morgan fingerprint density at radius 1 is 1.21 bits per heavy atom. The van der Waals surface area contributed by atoms with Crippen molar-refractivity contribution in [1.82, 2.24) is 14.8 Å². The largest absolute Gasteiger partial charge is 0.480 e. The monoisotopic (exact) mass is 418 g/mol. The Hall–Kier alpha value is -2.94. The summed E-state index contributed by atoms with van der Waals surface area (Å²) in [4.78, 5) is 12.1. The van der Waals surface area contributed by atoms with Crippen LogP contribution in [0, 0.1) is 18.6 Å². The lowest BCUT2D eigenvalue weighted by atomic mass is 10.2. The third kappa shape index (κ3) is 5.32. The lowest BCUT2D eigenvalue weighted by Crippen LogP contribution is -2.15.